The van der Waals surface area contributed by atoms with Crippen LogP contribution in [0.2, 0.25) is 0 Å². The lowest BCUT2D eigenvalue weighted by molar-refractivity contribution is 0.0946. The summed E-state index contributed by atoms with van der Waals surface area (Å²) in [5.74, 6) is 0.0659. The molecule has 120 valence electrons. The molecule has 1 N–H and O–H groups in total. The minimum Gasteiger partial charge on any atom is -0.347 e. The van der Waals surface area contributed by atoms with Gasteiger partial charge in [-0.3, -0.25) is 4.79 Å². The van der Waals surface area contributed by atoms with Crippen molar-refractivity contribution in [2.24, 2.45) is 0 Å². The molecule has 0 spiro atoms. The van der Waals surface area contributed by atoms with Crippen molar-refractivity contribution in [3.63, 3.8) is 0 Å². The maximum atomic E-state index is 12.9. The molecule has 0 unspecified atom stereocenters. The van der Waals surface area contributed by atoms with Crippen LogP contribution in [-0.2, 0) is 6.54 Å². The fourth-order valence-electron chi connectivity index (χ4n) is 2.60. The third kappa shape index (κ3) is 4.03. The first-order valence-corrected chi connectivity index (χ1v) is 7.83. The number of benzene rings is 1. The number of nitrogens with one attached hydrogen (secondary N) is 1. The number of nitrogens with zero attached hydrogens (tertiary/aromatic N) is 3. The monoisotopic (exact) mass is 314 g/mol. The quantitative estimate of drug-likeness (QED) is 0.942. The largest absolute Gasteiger partial charge is 0.347 e. The van der Waals surface area contributed by atoms with Gasteiger partial charge in [-0.05, 0) is 43.0 Å². The van der Waals surface area contributed by atoms with E-state index in [2.05, 4.69) is 20.2 Å². The Labute approximate surface area is 134 Å². The predicted octanol–water partition coefficient (Wildman–Crippen LogP) is 2.54. The molecule has 0 radical (unpaired) electrons. The third-order valence-corrected chi connectivity index (χ3v) is 3.88. The summed E-state index contributed by atoms with van der Waals surface area (Å²) in [4.78, 5) is 23.0. The van der Waals surface area contributed by atoms with Crippen LogP contribution < -0.4 is 10.2 Å². The molecular weight excluding hydrogens is 295 g/mol. The number of piperidine rings is 1. The van der Waals surface area contributed by atoms with Crippen LogP contribution in [0.15, 0.2) is 36.5 Å². The van der Waals surface area contributed by atoms with Crippen LogP contribution in [0.4, 0.5) is 10.3 Å². The lowest BCUT2D eigenvalue weighted by atomic mass is 10.1. The van der Waals surface area contributed by atoms with Crippen molar-refractivity contribution in [1.82, 2.24) is 15.3 Å². The number of carbonyl (C=O) groups excluding carboxylic acids is 1. The molecule has 23 heavy (non-hydrogen) atoms. The smallest absolute Gasteiger partial charge is 0.270 e. The molecular formula is C17H19FN4O. The molecule has 2 heterocycles. The highest BCUT2D eigenvalue weighted by Crippen LogP contribution is 2.15. The Morgan fingerprint density at radius 2 is 1.87 bits per heavy atom. The van der Waals surface area contributed by atoms with Gasteiger partial charge in [0.2, 0.25) is 5.95 Å². The maximum absolute atomic E-state index is 12.9. The minimum atomic E-state index is -0.290. The maximum Gasteiger partial charge on any atom is 0.270 e. The predicted molar refractivity (Wildman–Crippen MR) is 85.7 cm³/mol. The molecule has 3 rings (SSSR count). The van der Waals surface area contributed by atoms with Crippen LogP contribution in [0, 0.1) is 5.82 Å². The number of hydrogen-bond acceptors (Lipinski definition) is 4. The minimum absolute atomic E-state index is 0.255. The van der Waals surface area contributed by atoms with E-state index in [-0.39, 0.29) is 11.7 Å². The zero-order chi connectivity index (χ0) is 16.1. The van der Waals surface area contributed by atoms with E-state index in [0.29, 0.717) is 18.2 Å². The first-order chi connectivity index (χ1) is 11.2. The average molecular weight is 314 g/mol. The van der Waals surface area contributed by atoms with Gasteiger partial charge in [-0.1, -0.05) is 12.1 Å². The van der Waals surface area contributed by atoms with Crippen molar-refractivity contribution in [2.75, 3.05) is 18.0 Å². The van der Waals surface area contributed by atoms with Gasteiger partial charge in [-0.15, -0.1) is 0 Å². The van der Waals surface area contributed by atoms with Crippen LogP contribution >= 0.6 is 0 Å². The van der Waals surface area contributed by atoms with Gasteiger partial charge in [-0.2, -0.15) is 0 Å². The molecule has 1 fully saturated rings. The molecule has 6 heteroatoms. The highest BCUT2D eigenvalue weighted by molar-refractivity contribution is 5.92. The summed E-state index contributed by atoms with van der Waals surface area (Å²) in [5, 5.41) is 2.79. The molecule has 0 bridgehead atoms. The molecule has 1 aromatic carbocycles. The zero-order valence-corrected chi connectivity index (χ0v) is 12.8. The molecule has 1 amide bonds. The van der Waals surface area contributed by atoms with E-state index in [4.69, 9.17) is 0 Å². The lowest BCUT2D eigenvalue weighted by Crippen LogP contribution is -2.32. The molecule has 1 saturated heterocycles. The Bertz CT molecular complexity index is 669. The summed E-state index contributed by atoms with van der Waals surface area (Å²) in [6.45, 7) is 2.20. The second-order valence-corrected chi connectivity index (χ2v) is 5.60. The Kier molecular flexibility index (Phi) is 4.80. The Morgan fingerprint density at radius 1 is 1.13 bits per heavy atom. The summed E-state index contributed by atoms with van der Waals surface area (Å²) in [6, 6.07) is 7.65. The van der Waals surface area contributed by atoms with Gasteiger partial charge in [0.1, 0.15) is 11.5 Å². The standard InChI is InChI=1S/C17H19FN4O/c18-14-6-4-13(5-7-14)12-20-16(23)15-8-9-19-17(21-15)22-10-2-1-3-11-22/h4-9H,1-3,10-12H2,(H,20,23). The van der Waals surface area contributed by atoms with Gasteiger partial charge >= 0.3 is 0 Å². The van der Waals surface area contributed by atoms with Gasteiger partial charge in [0.15, 0.2) is 0 Å². The van der Waals surface area contributed by atoms with Gasteiger partial charge in [0, 0.05) is 25.8 Å². The van der Waals surface area contributed by atoms with Gasteiger partial charge in [-0.25, -0.2) is 14.4 Å². The highest BCUT2D eigenvalue weighted by Gasteiger charge is 2.15. The molecule has 2 aromatic rings. The van der Waals surface area contributed by atoms with Crippen LogP contribution in [0.1, 0.15) is 35.3 Å². The van der Waals surface area contributed by atoms with Crippen LogP contribution in [0.25, 0.3) is 0 Å². The van der Waals surface area contributed by atoms with Gasteiger partial charge < -0.3 is 10.2 Å². The number of aromatic nitrogens is 2. The summed E-state index contributed by atoms with van der Waals surface area (Å²) in [6.07, 6.45) is 5.10. The molecule has 0 saturated carbocycles. The normalized spacial score (nSPS) is 14.6. The second kappa shape index (κ2) is 7.17. The van der Waals surface area contributed by atoms with Gasteiger partial charge in [0.25, 0.3) is 5.91 Å². The fraction of sp³-hybridized carbons (Fsp3) is 0.353. The Balaban J connectivity index is 1.63. The van der Waals surface area contributed by atoms with Crippen molar-refractivity contribution >= 4 is 11.9 Å². The summed E-state index contributed by atoms with van der Waals surface area (Å²) < 4.78 is 12.9. The number of hydrogen-bond donors (Lipinski definition) is 1. The van der Waals surface area contributed by atoms with Crippen LogP contribution in [0.3, 0.4) is 0 Å². The number of carbonyl (C=O) groups is 1. The average Bonchev–Trinajstić information content (AvgIpc) is 2.62. The van der Waals surface area contributed by atoms with E-state index in [1.54, 1.807) is 24.4 Å². The van der Waals surface area contributed by atoms with E-state index in [0.717, 1.165) is 31.5 Å². The Hall–Kier alpha value is -2.50. The van der Waals surface area contributed by atoms with Crippen molar-refractivity contribution < 1.29 is 9.18 Å². The van der Waals surface area contributed by atoms with E-state index >= 15 is 0 Å². The van der Waals surface area contributed by atoms with E-state index in [9.17, 15) is 9.18 Å². The van der Waals surface area contributed by atoms with Crippen molar-refractivity contribution in [1.29, 1.82) is 0 Å². The van der Waals surface area contributed by atoms with Crippen molar-refractivity contribution in [3.05, 3.63) is 53.6 Å². The number of rotatable bonds is 4. The SMILES string of the molecule is O=C(NCc1ccc(F)cc1)c1ccnc(N2CCCCC2)n1. The van der Waals surface area contributed by atoms with E-state index < -0.39 is 0 Å². The molecule has 1 aromatic heterocycles. The van der Waals surface area contributed by atoms with Gasteiger partial charge in [0.05, 0.1) is 0 Å². The number of anilines is 1. The van der Waals surface area contributed by atoms with Crippen LogP contribution in [0.5, 0.6) is 0 Å². The highest BCUT2D eigenvalue weighted by atomic mass is 19.1. The fourth-order valence-corrected chi connectivity index (χ4v) is 2.60. The van der Waals surface area contributed by atoms with Crippen molar-refractivity contribution in [2.45, 2.75) is 25.8 Å². The summed E-state index contributed by atoms with van der Waals surface area (Å²) in [5.41, 5.74) is 1.19. The first kappa shape index (κ1) is 15.4. The molecule has 1 aliphatic rings. The topological polar surface area (TPSA) is 58.1 Å². The summed E-state index contributed by atoms with van der Waals surface area (Å²) >= 11 is 0. The molecule has 0 aliphatic carbocycles. The second-order valence-electron chi connectivity index (χ2n) is 5.60. The molecule has 5 nitrogen and oxygen atoms in total. The van der Waals surface area contributed by atoms with Crippen LogP contribution in [-0.4, -0.2) is 29.0 Å². The first-order valence-electron chi connectivity index (χ1n) is 7.83. The number of amides is 1. The summed E-state index contributed by atoms with van der Waals surface area (Å²) in [7, 11) is 0. The Morgan fingerprint density at radius 3 is 2.61 bits per heavy atom. The molecule has 0 atom stereocenters. The third-order valence-electron chi connectivity index (χ3n) is 3.88. The van der Waals surface area contributed by atoms with E-state index in [1.807, 2.05) is 0 Å². The zero-order valence-electron chi connectivity index (χ0n) is 12.8. The lowest BCUT2D eigenvalue weighted by Gasteiger charge is -2.26. The molecule has 1 aliphatic heterocycles. The number of halogens is 1. The van der Waals surface area contributed by atoms with Crippen molar-refractivity contribution in [3.8, 4) is 0 Å². The van der Waals surface area contributed by atoms with E-state index in [1.165, 1.54) is 18.6 Å².